The molecule has 2 aliphatic heterocycles. The Kier molecular flexibility index (Phi) is 5.75. The molecule has 3 N–H and O–H groups in total. The normalized spacial score (nSPS) is 11.5. The van der Waals surface area contributed by atoms with Crippen LogP contribution in [-0.4, -0.2) is 43.6 Å². The number of nitrogens with zero attached hydrogens (tertiary/aromatic N) is 6. The third kappa shape index (κ3) is 3.79. The molecular weight excluding hydrogens is 560 g/mol. The molecule has 3 aromatic heterocycles. The number of aromatic amines is 2. The molecule has 0 saturated carbocycles. The summed E-state index contributed by atoms with van der Waals surface area (Å²) in [6.07, 6.45) is 0. The Morgan fingerprint density at radius 3 is 0.857 bits per heavy atom. The van der Waals surface area contributed by atoms with E-state index < -0.39 is 0 Å². The molecule has 0 radical (unpaired) electrons. The topological polar surface area (TPSA) is 129 Å². The molecule has 2 aliphatic rings. The minimum absolute atomic E-state index is 0.597. The van der Waals surface area contributed by atoms with E-state index in [9.17, 15) is 0 Å². The smallest absolute Gasteiger partial charge is 0.164 e. The summed E-state index contributed by atoms with van der Waals surface area (Å²) in [5.74, 6) is 2.39. The first-order valence-corrected chi connectivity index (χ1v) is 13.9. The van der Waals surface area contributed by atoms with Crippen molar-refractivity contribution < 1.29 is 24.5 Å². The quantitative estimate of drug-likeness (QED) is 0.180. The van der Waals surface area contributed by atoms with Gasteiger partial charge in [0.05, 0.1) is 0 Å². The third-order valence-electron chi connectivity index (χ3n) is 7.46. The van der Waals surface area contributed by atoms with Crippen molar-refractivity contribution >= 4 is 44.1 Å². The average Bonchev–Trinajstić information content (AvgIpc) is 3.78. The van der Waals surface area contributed by atoms with Crippen molar-refractivity contribution in [3.63, 3.8) is 0 Å². The van der Waals surface area contributed by atoms with E-state index in [1.165, 1.54) is 0 Å². The largest absolute Gasteiger partial charge is 0.324 e. The number of rotatable bonds is 0. The minimum Gasteiger partial charge on any atom is -0.324 e. The van der Waals surface area contributed by atoms with Gasteiger partial charge in [-0.2, -0.15) is 0 Å². The van der Waals surface area contributed by atoms with Gasteiger partial charge < -0.3 is 9.97 Å². The molecule has 8 bridgehead atoms. The summed E-state index contributed by atoms with van der Waals surface area (Å²) in [6, 6.07) is 32.2. The number of fused-ring (bicyclic) bond motifs is 20. The van der Waals surface area contributed by atoms with Crippen LogP contribution in [0.15, 0.2) is 97.1 Å². The fourth-order valence-electron chi connectivity index (χ4n) is 5.59. The Labute approximate surface area is 250 Å². The summed E-state index contributed by atoms with van der Waals surface area (Å²) in [4.78, 5) is 36.8. The van der Waals surface area contributed by atoms with Gasteiger partial charge in [-0.05, 0) is 0 Å². The van der Waals surface area contributed by atoms with Gasteiger partial charge in [-0.1, -0.05) is 97.1 Å². The van der Waals surface area contributed by atoms with E-state index in [1.54, 1.807) is 0 Å². The predicted molar refractivity (Wildman–Crippen MR) is 158 cm³/mol. The molecule has 0 spiro atoms. The summed E-state index contributed by atoms with van der Waals surface area (Å²) in [7, 11) is 0. The molecule has 5 heterocycles. The van der Waals surface area contributed by atoms with E-state index in [4.69, 9.17) is 33.6 Å². The molecule has 42 heavy (non-hydrogen) atoms. The fourth-order valence-corrected chi connectivity index (χ4v) is 5.59. The first kappa shape index (κ1) is 24.7. The van der Waals surface area contributed by atoms with Gasteiger partial charge >= 0.3 is 24.5 Å². The zero-order valence-electron chi connectivity index (χ0n) is 21.9. The summed E-state index contributed by atoms with van der Waals surface area (Å²) < 4.78 is 7.00. The number of benzene rings is 4. The zero-order chi connectivity index (χ0) is 28.2. The number of nitrogens with one attached hydrogen (secondary N) is 2. The molecule has 4 aromatic carbocycles. The van der Waals surface area contributed by atoms with Gasteiger partial charge in [0.25, 0.3) is 0 Å². The van der Waals surface area contributed by atoms with Crippen LogP contribution >= 0.6 is 0 Å². The average molecular weight is 579 g/mol. The molecule has 0 aliphatic carbocycles. The van der Waals surface area contributed by atoms with Crippen LogP contribution in [0.25, 0.3) is 89.7 Å². The van der Waals surface area contributed by atoms with E-state index in [0.717, 1.165) is 64.6 Å². The maximum Gasteiger partial charge on any atom is 0.164 e. The Morgan fingerprint density at radius 2 is 0.595 bits per heavy atom. The van der Waals surface area contributed by atoms with Gasteiger partial charge in [0, 0.05) is 43.8 Å². The Bertz CT molecular complexity index is 2040. The molecule has 10 heteroatoms. The second-order valence-corrected chi connectivity index (χ2v) is 9.79. The molecule has 0 unspecified atom stereocenters. The van der Waals surface area contributed by atoms with Crippen LogP contribution in [0, 0.1) is 0 Å². The maximum atomic E-state index is 7.00. The van der Waals surface area contributed by atoms with Crippen LogP contribution in [0.3, 0.4) is 0 Å². The molecule has 9 nitrogen and oxygen atoms in total. The van der Waals surface area contributed by atoms with Crippen molar-refractivity contribution in [2.45, 2.75) is 0 Å². The van der Waals surface area contributed by atoms with E-state index >= 15 is 0 Å². The van der Waals surface area contributed by atoms with E-state index in [0.29, 0.717) is 45.9 Å². The Balaban J connectivity index is 0.00000131. The van der Waals surface area contributed by atoms with Crippen molar-refractivity contribution in [3.05, 3.63) is 97.1 Å². The monoisotopic (exact) mass is 579 g/mol. The van der Waals surface area contributed by atoms with E-state index in [1.807, 2.05) is 97.1 Å². The van der Waals surface area contributed by atoms with Gasteiger partial charge in [0.1, 0.15) is 22.6 Å². The minimum atomic E-state index is 0.597. The van der Waals surface area contributed by atoms with Crippen molar-refractivity contribution in [3.8, 4) is 45.6 Å². The number of aromatic nitrogens is 8. The van der Waals surface area contributed by atoms with Crippen LogP contribution in [0.4, 0.5) is 0 Å². The van der Waals surface area contributed by atoms with Crippen molar-refractivity contribution in [1.29, 1.82) is 0 Å². The number of hydrogen-bond acceptors (Lipinski definition) is 7. The van der Waals surface area contributed by atoms with Crippen LogP contribution < -0.4 is 0 Å². The van der Waals surface area contributed by atoms with Gasteiger partial charge in [-0.25, -0.2) is 29.9 Å². The second-order valence-electron chi connectivity index (χ2n) is 9.79. The molecule has 9 rings (SSSR count). The second kappa shape index (κ2) is 9.78. The van der Waals surface area contributed by atoms with Crippen molar-refractivity contribution in [2.24, 2.45) is 0 Å². The number of hydrogen-bond donors (Lipinski definition) is 3. The number of H-pyrrole nitrogens is 2. The molecule has 197 valence electrons. The predicted octanol–water partition coefficient (Wildman–Crippen LogP) is 6.31. The van der Waals surface area contributed by atoms with Crippen LogP contribution in [0.2, 0.25) is 0 Å². The van der Waals surface area contributed by atoms with Crippen LogP contribution in [-0.2, 0) is 20.8 Å². The van der Waals surface area contributed by atoms with Crippen LogP contribution in [0.1, 0.15) is 0 Å². The summed E-state index contributed by atoms with van der Waals surface area (Å²) in [5.41, 5.74) is 6.45. The molecular formula is C32H19N8OTi. The first-order valence-electron chi connectivity index (χ1n) is 13.2. The summed E-state index contributed by atoms with van der Waals surface area (Å²) in [6.45, 7) is 0. The van der Waals surface area contributed by atoms with Gasteiger partial charge in [-0.15, -0.1) is 0 Å². The first-order chi connectivity index (χ1) is 20.8. The van der Waals surface area contributed by atoms with E-state index in [2.05, 4.69) is 9.97 Å². The summed E-state index contributed by atoms with van der Waals surface area (Å²) >= 11 is 1.00. The Morgan fingerprint density at radius 1 is 0.357 bits per heavy atom. The molecule has 0 atom stereocenters. The van der Waals surface area contributed by atoms with Gasteiger partial charge in [0.15, 0.2) is 23.3 Å². The molecule has 0 saturated heterocycles. The van der Waals surface area contributed by atoms with Gasteiger partial charge in [-0.3, -0.25) is 0 Å². The third-order valence-corrected chi connectivity index (χ3v) is 7.46. The molecule has 0 amide bonds. The summed E-state index contributed by atoms with van der Waals surface area (Å²) in [5, 5.41) is 3.82. The molecule has 7 aromatic rings. The zero-order valence-corrected chi connectivity index (χ0v) is 23.4. The standard InChI is InChI=1S/C32H18N8.H2O.Ti/c1-2-10-18-17(9-1)25-33-26(18)38-28-21-13-5-6-14-22(21)30(35-28)40-32-24-16-8-7-15-23(24)31(36-32)39-29-20-12-4-3-11-19(20)27(34-29)37-25;;/h1-16H,(H2,33,34,35,36,37,38,39,40);1H2;/q;;+1/p-1. The Hall–Kier alpha value is -5.09. The van der Waals surface area contributed by atoms with Crippen LogP contribution in [0.5, 0.6) is 0 Å². The maximum absolute atomic E-state index is 7.00. The van der Waals surface area contributed by atoms with E-state index in [-0.39, 0.29) is 0 Å². The fraction of sp³-hybridized carbons (Fsp3) is 0. The van der Waals surface area contributed by atoms with Gasteiger partial charge in [0.2, 0.25) is 0 Å². The van der Waals surface area contributed by atoms with Crippen molar-refractivity contribution in [1.82, 2.24) is 39.9 Å². The SMILES string of the molecule is [OH][Ti].c1ccc2c(c1)-c1nc-2nc2[nH]c(nc3nc(nc4[nH]c(n1)c1ccccc41)-c1ccccc1-3)c1ccccc21. The van der Waals surface area contributed by atoms with Crippen molar-refractivity contribution in [2.75, 3.05) is 0 Å². The molecule has 0 fully saturated rings.